The number of hydrogen-bond donors (Lipinski definition) is 1. The third kappa shape index (κ3) is 2.08. The van der Waals surface area contributed by atoms with E-state index in [0.29, 0.717) is 6.54 Å². The summed E-state index contributed by atoms with van der Waals surface area (Å²) >= 11 is 0. The zero-order valence-electron chi connectivity index (χ0n) is 11.3. The van der Waals surface area contributed by atoms with Gasteiger partial charge in [-0.1, -0.05) is 25.1 Å². The third-order valence-corrected chi connectivity index (χ3v) is 3.45. The fourth-order valence-electron chi connectivity index (χ4n) is 2.35. The molecule has 3 aromatic rings. The molecule has 4 heteroatoms. The Morgan fingerprint density at radius 3 is 2.65 bits per heavy atom. The number of nitrogens with zero attached hydrogens (tertiary/aromatic N) is 2. The van der Waals surface area contributed by atoms with Crippen molar-refractivity contribution in [3.05, 3.63) is 60.2 Å². The van der Waals surface area contributed by atoms with E-state index in [-0.39, 0.29) is 11.7 Å². The number of fused-ring (bicyclic) bond motifs is 1. The van der Waals surface area contributed by atoms with Gasteiger partial charge in [0, 0.05) is 24.2 Å². The Balaban J connectivity index is 2.33. The average molecular weight is 269 g/mol. The molecule has 0 aliphatic rings. The Labute approximate surface area is 116 Å². The summed E-state index contributed by atoms with van der Waals surface area (Å²) in [6.07, 6.45) is 0. The van der Waals surface area contributed by atoms with E-state index < -0.39 is 0 Å². The molecule has 3 nitrogen and oxygen atoms in total. The van der Waals surface area contributed by atoms with E-state index in [1.165, 1.54) is 12.1 Å². The summed E-state index contributed by atoms with van der Waals surface area (Å²) in [6, 6.07) is 14.5. The van der Waals surface area contributed by atoms with E-state index in [2.05, 4.69) is 4.98 Å². The van der Waals surface area contributed by atoms with Crippen molar-refractivity contribution in [2.45, 2.75) is 12.8 Å². The summed E-state index contributed by atoms with van der Waals surface area (Å²) in [5.74, 6) is 0.700. The highest BCUT2D eigenvalue weighted by Crippen LogP contribution is 2.26. The Bertz CT molecular complexity index is 734. The lowest BCUT2D eigenvalue weighted by Crippen LogP contribution is -2.14. The molecular weight excluding hydrogens is 253 g/mol. The number of rotatable bonds is 3. The normalized spacial score (nSPS) is 12.8. The zero-order valence-corrected chi connectivity index (χ0v) is 11.3. The first-order chi connectivity index (χ1) is 9.70. The van der Waals surface area contributed by atoms with Crippen LogP contribution in [-0.4, -0.2) is 16.1 Å². The minimum Gasteiger partial charge on any atom is -0.330 e. The number of imidazole rings is 1. The molecule has 0 aliphatic carbocycles. The second-order valence-electron chi connectivity index (χ2n) is 4.91. The van der Waals surface area contributed by atoms with Gasteiger partial charge in [0.2, 0.25) is 0 Å². The van der Waals surface area contributed by atoms with Crippen LogP contribution in [0, 0.1) is 5.82 Å². The molecule has 0 aliphatic heterocycles. The quantitative estimate of drug-likeness (QED) is 0.793. The summed E-state index contributed by atoms with van der Waals surface area (Å²) in [4.78, 5) is 4.62. The number of hydrogen-bond acceptors (Lipinski definition) is 2. The minimum absolute atomic E-state index is 0.102. The Hall–Kier alpha value is -2.20. The van der Waals surface area contributed by atoms with Crippen LogP contribution in [-0.2, 0) is 0 Å². The maximum atomic E-state index is 13.6. The zero-order chi connectivity index (χ0) is 14.1. The number of benzene rings is 2. The van der Waals surface area contributed by atoms with Crippen molar-refractivity contribution < 1.29 is 4.39 Å². The first-order valence-corrected chi connectivity index (χ1v) is 6.64. The molecule has 0 bridgehead atoms. The van der Waals surface area contributed by atoms with Gasteiger partial charge in [0.1, 0.15) is 11.6 Å². The Morgan fingerprint density at radius 2 is 1.95 bits per heavy atom. The minimum atomic E-state index is -0.262. The monoisotopic (exact) mass is 269 g/mol. The SMILES string of the molecule is C[C@@H](CN)c1nc2ccc(F)cc2n1-c1ccccc1. The lowest BCUT2D eigenvalue weighted by Gasteiger charge is -2.13. The van der Waals surface area contributed by atoms with Crippen LogP contribution in [0.4, 0.5) is 4.39 Å². The van der Waals surface area contributed by atoms with Crippen LogP contribution in [0.2, 0.25) is 0 Å². The van der Waals surface area contributed by atoms with Crippen molar-refractivity contribution in [3.63, 3.8) is 0 Å². The average Bonchev–Trinajstić information content (AvgIpc) is 2.85. The van der Waals surface area contributed by atoms with Gasteiger partial charge < -0.3 is 5.73 Å². The third-order valence-electron chi connectivity index (χ3n) is 3.45. The predicted molar refractivity (Wildman–Crippen MR) is 78.5 cm³/mol. The van der Waals surface area contributed by atoms with Crippen molar-refractivity contribution in [1.29, 1.82) is 0 Å². The van der Waals surface area contributed by atoms with Crippen molar-refractivity contribution in [3.8, 4) is 5.69 Å². The van der Waals surface area contributed by atoms with Crippen LogP contribution in [0.1, 0.15) is 18.7 Å². The van der Waals surface area contributed by atoms with Gasteiger partial charge in [-0.3, -0.25) is 4.57 Å². The van der Waals surface area contributed by atoms with Crippen LogP contribution < -0.4 is 5.73 Å². The van der Waals surface area contributed by atoms with Crippen LogP contribution >= 0.6 is 0 Å². The van der Waals surface area contributed by atoms with Gasteiger partial charge in [-0.2, -0.15) is 0 Å². The number of halogens is 1. The molecule has 102 valence electrons. The van der Waals surface area contributed by atoms with Gasteiger partial charge in [-0.25, -0.2) is 9.37 Å². The van der Waals surface area contributed by atoms with E-state index in [1.54, 1.807) is 6.07 Å². The first-order valence-electron chi connectivity index (χ1n) is 6.64. The molecule has 2 aromatic carbocycles. The van der Waals surface area contributed by atoms with E-state index in [0.717, 1.165) is 22.5 Å². The maximum Gasteiger partial charge on any atom is 0.125 e. The molecule has 0 spiro atoms. The topological polar surface area (TPSA) is 43.8 Å². The van der Waals surface area contributed by atoms with Crippen LogP contribution in [0.25, 0.3) is 16.7 Å². The molecule has 1 atom stereocenters. The summed E-state index contributed by atoms with van der Waals surface area (Å²) in [5, 5.41) is 0. The Kier molecular flexibility index (Phi) is 3.24. The second-order valence-corrected chi connectivity index (χ2v) is 4.91. The van der Waals surface area contributed by atoms with Gasteiger partial charge in [0.15, 0.2) is 0 Å². The molecule has 0 radical (unpaired) electrons. The summed E-state index contributed by atoms with van der Waals surface area (Å²) in [7, 11) is 0. The number of aromatic nitrogens is 2. The lowest BCUT2D eigenvalue weighted by molar-refractivity contribution is 0.629. The van der Waals surface area contributed by atoms with E-state index >= 15 is 0 Å². The molecule has 0 fully saturated rings. The van der Waals surface area contributed by atoms with Gasteiger partial charge >= 0.3 is 0 Å². The summed E-state index contributed by atoms with van der Waals surface area (Å²) < 4.78 is 15.5. The lowest BCUT2D eigenvalue weighted by atomic mass is 10.1. The van der Waals surface area contributed by atoms with Crippen molar-refractivity contribution in [1.82, 2.24) is 9.55 Å². The summed E-state index contributed by atoms with van der Waals surface area (Å²) in [5.41, 5.74) is 8.30. The highest BCUT2D eigenvalue weighted by Gasteiger charge is 2.17. The molecular formula is C16H16FN3. The van der Waals surface area contributed by atoms with Crippen LogP contribution in [0.5, 0.6) is 0 Å². The van der Waals surface area contributed by atoms with E-state index in [1.807, 2.05) is 41.8 Å². The van der Waals surface area contributed by atoms with E-state index in [4.69, 9.17) is 5.73 Å². The van der Waals surface area contributed by atoms with Crippen molar-refractivity contribution in [2.75, 3.05) is 6.54 Å². The Morgan fingerprint density at radius 1 is 1.20 bits per heavy atom. The fourth-order valence-corrected chi connectivity index (χ4v) is 2.35. The van der Waals surface area contributed by atoms with Gasteiger partial charge in [-0.05, 0) is 24.3 Å². The molecule has 0 saturated carbocycles. The molecule has 1 aromatic heterocycles. The first kappa shape index (κ1) is 12.8. The van der Waals surface area contributed by atoms with Crippen LogP contribution in [0.3, 0.4) is 0 Å². The fraction of sp³-hybridized carbons (Fsp3) is 0.188. The molecule has 1 heterocycles. The smallest absolute Gasteiger partial charge is 0.125 e. The summed E-state index contributed by atoms with van der Waals surface area (Å²) in [6.45, 7) is 2.52. The second kappa shape index (κ2) is 5.06. The van der Waals surface area contributed by atoms with Gasteiger partial charge in [0.25, 0.3) is 0 Å². The molecule has 2 N–H and O–H groups in total. The molecule has 20 heavy (non-hydrogen) atoms. The largest absolute Gasteiger partial charge is 0.330 e. The number of nitrogens with two attached hydrogens (primary N) is 1. The molecule has 0 amide bonds. The predicted octanol–water partition coefficient (Wildman–Crippen LogP) is 3.23. The van der Waals surface area contributed by atoms with E-state index in [9.17, 15) is 4.39 Å². The highest BCUT2D eigenvalue weighted by molar-refractivity contribution is 5.78. The molecule has 0 saturated heterocycles. The molecule has 0 unspecified atom stereocenters. The van der Waals surface area contributed by atoms with Crippen LogP contribution in [0.15, 0.2) is 48.5 Å². The molecule has 3 rings (SSSR count). The standard InChI is InChI=1S/C16H16FN3/c1-11(10-18)16-19-14-8-7-12(17)9-15(14)20(16)13-5-3-2-4-6-13/h2-9,11H,10,18H2,1H3/t11-/m0/s1. The van der Waals surface area contributed by atoms with Gasteiger partial charge in [0.05, 0.1) is 11.0 Å². The van der Waals surface area contributed by atoms with Gasteiger partial charge in [-0.15, -0.1) is 0 Å². The maximum absolute atomic E-state index is 13.6. The van der Waals surface area contributed by atoms with Crippen molar-refractivity contribution in [2.24, 2.45) is 5.73 Å². The highest BCUT2D eigenvalue weighted by atomic mass is 19.1. The van der Waals surface area contributed by atoms with Crippen molar-refractivity contribution >= 4 is 11.0 Å². The number of para-hydroxylation sites is 1.